The van der Waals surface area contributed by atoms with Crippen LogP contribution in [-0.4, -0.2) is 40.4 Å². The van der Waals surface area contributed by atoms with Crippen molar-refractivity contribution in [2.24, 2.45) is 12.5 Å². The van der Waals surface area contributed by atoms with E-state index >= 15 is 4.39 Å². The Morgan fingerprint density at radius 3 is 2.46 bits per heavy atom. The van der Waals surface area contributed by atoms with E-state index in [4.69, 9.17) is 9.72 Å². The molecular weight excluding hydrogens is 538 g/mol. The minimum Gasteiger partial charge on any atom is -0.380 e. The number of carbonyl (C=O) groups is 1. The number of hydrogen-bond acceptors (Lipinski definition) is 5. The van der Waals surface area contributed by atoms with E-state index in [0.29, 0.717) is 42.8 Å². The van der Waals surface area contributed by atoms with Crippen LogP contribution in [0.3, 0.4) is 0 Å². The van der Waals surface area contributed by atoms with Crippen LogP contribution < -0.4 is 10.6 Å². The van der Waals surface area contributed by atoms with Gasteiger partial charge in [-0.2, -0.15) is 18.3 Å². The maximum absolute atomic E-state index is 15.0. The third-order valence-electron chi connectivity index (χ3n) is 7.27. The van der Waals surface area contributed by atoms with Crippen molar-refractivity contribution in [3.63, 3.8) is 0 Å². The summed E-state index contributed by atoms with van der Waals surface area (Å²) < 4.78 is 63.0. The van der Waals surface area contributed by atoms with Crippen molar-refractivity contribution in [3.05, 3.63) is 89.5 Å². The Labute approximate surface area is 234 Å². The van der Waals surface area contributed by atoms with Gasteiger partial charge in [0.15, 0.2) is 0 Å². The van der Waals surface area contributed by atoms with Gasteiger partial charge in [0.1, 0.15) is 5.82 Å². The van der Waals surface area contributed by atoms with E-state index in [0.717, 1.165) is 24.7 Å². The van der Waals surface area contributed by atoms with Crippen LogP contribution in [0.4, 0.5) is 23.2 Å². The van der Waals surface area contributed by atoms with Gasteiger partial charge in [-0.05, 0) is 36.8 Å². The van der Waals surface area contributed by atoms with Crippen molar-refractivity contribution < 1.29 is 27.1 Å². The molecule has 1 fully saturated rings. The van der Waals surface area contributed by atoms with Crippen LogP contribution in [0.2, 0.25) is 0 Å². The van der Waals surface area contributed by atoms with Crippen LogP contribution in [0.15, 0.2) is 66.9 Å². The first kappa shape index (κ1) is 28.4. The number of nitrogens with one attached hydrogen (secondary N) is 2. The molecule has 2 N–H and O–H groups in total. The number of anilines is 1. The molecule has 0 radical (unpaired) electrons. The molecule has 214 valence electrons. The Balaban J connectivity index is 1.45. The molecule has 1 aliphatic heterocycles. The van der Waals surface area contributed by atoms with E-state index in [1.807, 2.05) is 30.3 Å². The molecule has 0 bridgehead atoms. The molecule has 0 unspecified atom stereocenters. The van der Waals surface area contributed by atoms with Crippen molar-refractivity contribution in [3.8, 4) is 22.5 Å². The zero-order chi connectivity index (χ0) is 29.2. The first-order chi connectivity index (χ1) is 19.6. The molecule has 7 nitrogen and oxygen atoms in total. The van der Waals surface area contributed by atoms with E-state index in [9.17, 15) is 18.0 Å². The lowest BCUT2D eigenvalue weighted by atomic mass is 9.83. The molecule has 0 spiro atoms. The molecule has 11 heteroatoms. The largest absolute Gasteiger partial charge is 0.417 e. The summed E-state index contributed by atoms with van der Waals surface area (Å²) >= 11 is 0. The van der Waals surface area contributed by atoms with Gasteiger partial charge in [0.2, 0.25) is 0 Å². The fraction of sp³-hybridized carbons (Fsp3) is 0.300. The number of aryl methyl sites for hydroxylation is 1. The van der Waals surface area contributed by atoms with Crippen LogP contribution in [-0.2, 0) is 24.5 Å². The number of alkyl halides is 3. The van der Waals surface area contributed by atoms with Gasteiger partial charge in [0.25, 0.3) is 5.91 Å². The first-order valence-corrected chi connectivity index (χ1v) is 13.1. The summed E-state index contributed by atoms with van der Waals surface area (Å²) in [6, 6.07) is 15.1. The number of aromatic nitrogens is 3. The highest BCUT2D eigenvalue weighted by molar-refractivity contribution is 6.07. The number of ether oxygens (including phenoxy) is 1. The topological polar surface area (TPSA) is 81.1 Å². The summed E-state index contributed by atoms with van der Waals surface area (Å²) in [7, 11) is 1.55. The SMILES string of the molecule is CCC1(CNCc2ccc(NC(=O)c3cc(-c4ccn(C)n4)c(C(F)(F)F)cc3F)c(-c3ccccc3)n2)COC1. The summed E-state index contributed by atoms with van der Waals surface area (Å²) in [5.41, 5.74) is 0.119. The second-order valence-corrected chi connectivity index (χ2v) is 10.2. The molecule has 0 saturated carbocycles. The quantitative estimate of drug-likeness (QED) is 0.240. The minimum absolute atomic E-state index is 0.0318. The molecule has 0 aliphatic carbocycles. The highest BCUT2D eigenvalue weighted by Gasteiger charge is 2.37. The number of hydrogen-bond donors (Lipinski definition) is 2. The number of carbonyl (C=O) groups excluding carboxylic acids is 1. The number of nitrogens with zero attached hydrogens (tertiary/aromatic N) is 3. The Kier molecular flexibility index (Phi) is 7.92. The lowest BCUT2D eigenvalue weighted by Crippen LogP contribution is -2.49. The van der Waals surface area contributed by atoms with Gasteiger partial charge in [-0.3, -0.25) is 9.48 Å². The Bertz CT molecular complexity index is 1540. The average molecular weight is 568 g/mol. The summed E-state index contributed by atoms with van der Waals surface area (Å²) in [6.45, 7) is 4.82. The van der Waals surface area contributed by atoms with Crippen molar-refractivity contribution >= 4 is 11.6 Å². The Hall–Kier alpha value is -4.09. The molecule has 3 heterocycles. The second-order valence-electron chi connectivity index (χ2n) is 10.2. The maximum atomic E-state index is 15.0. The van der Waals surface area contributed by atoms with Gasteiger partial charge in [-0.25, -0.2) is 9.37 Å². The van der Waals surface area contributed by atoms with Crippen molar-refractivity contribution in [2.45, 2.75) is 26.1 Å². The molecular formula is C30H29F4N5O2. The molecule has 4 aromatic rings. The predicted octanol–water partition coefficient (Wildman–Crippen LogP) is 6.08. The number of amides is 1. The van der Waals surface area contributed by atoms with Crippen LogP contribution in [0.25, 0.3) is 22.5 Å². The monoisotopic (exact) mass is 567 g/mol. The highest BCUT2D eigenvalue weighted by atomic mass is 19.4. The third-order valence-corrected chi connectivity index (χ3v) is 7.27. The Morgan fingerprint density at radius 1 is 1.10 bits per heavy atom. The van der Waals surface area contributed by atoms with Gasteiger partial charge < -0.3 is 15.4 Å². The molecule has 5 rings (SSSR count). The molecule has 1 saturated heterocycles. The third kappa shape index (κ3) is 6.15. The normalized spacial score (nSPS) is 14.5. The summed E-state index contributed by atoms with van der Waals surface area (Å²) in [5, 5.41) is 10.1. The lowest BCUT2D eigenvalue weighted by molar-refractivity contribution is -0.137. The van der Waals surface area contributed by atoms with Gasteiger partial charge in [-0.1, -0.05) is 37.3 Å². The van der Waals surface area contributed by atoms with Crippen molar-refractivity contribution in [1.29, 1.82) is 0 Å². The van der Waals surface area contributed by atoms with E-state index in [1.165, 1.54) is 16.9 Å². The molecule has 2 aromatic heterocycles. The standard InChI is InChI=1S/C30H29F4N5O2/c1-3-29(17-41-18-29)16-35-15-20-9-10-26(27(36-20)19-7-5-4-6-8-19)37-28(40)22-13-21(25-11-12-39(2)38-25)23(14-24(22)31)30(32,33)34/h4-14,35H,3,15-18H2,1-2H3,(H,37,40). The smallest absolute Gasteiger partial charge is 0.380 e. The van der Waals surface area contributed by atoms with E-state index in [2.05, 4.69) is 22.7 Å². The number of rotatable bonds is 9. The molecule has 0 atom stereocenters. The fourth-order valence-electron chi connectivity index (χ4n) is 4.73. The van der Waals surface area contributed by atoms with E-state index < -0.39 is 34.6 Å². The summed E-state index contributed by atoms with van der Waals surface area (Å²) in [6.07, 6.45) is -2.38. The zero-order valence-electron chi connectivity index (χ0n) is 22.6. The van der Waals surface area contributed by atoms with Gasteiger partial charge in [0.05, 0.1) is 47.1 Å². The van der Waals surface area contributed by atoms with Crippen LogP contribution in [0.1, 0.15) is 35.0 Å². The van der Waals surface area contributed by atoms with E-state index in [1.54, 1.807) is 19.2 Å². The van der Waals surface area contributed by atoms with Crippen molar-refractivity contribution in [2.75, 3.05) is 25.1 Å². The highest BCUT2D eigenvalue weighted by Crippen LogP contribution is 2.38. The van der Waals surface area contributed by atoms with Gasteiger partial charge in [0, 0.05) is 42.9 Å². The molecule has 1 amide bonds. The first-order valence-electron chi connectivity index (χ1n) is 13.1. The average Bonchev–Trinajstić information content (AvgIpc) is 3.36. The van der Waals surface area contributed by atoms with E-state index in [-0.39, 0.29) is 11.1 Å². The van der Waals surface area contributed by atoms with Crippen LogP contribution in [0, 0.1) is 11.2 Å². The number of halogens is 4. The number of benzene rings is 2. The Morgan fingerprint density at radius 2 is 1.85 bits per heavy atom. The maximum Gasteiger partial charge on any atom is 0.417 e. The van der Waals surface area contributed by atoms with Gasteiger partial charge in [-0.15, -0.1) is 0 Å². The lowest BCUT2D eigenvalue weighted by Gasteiger charge is -2.41. The molecule has 41 heavy (non-hydrogen) atoms. The van der Waals surface area contributed by atoms with Crippen molar-refractivity contribution in [1.82, 2.24) is 20.1 Å². The molecule has 2 aromatic carbocycles. The minimum atomic E-state index is -4.85. The van der Waals surface area contributed by atoms with Crippen LogP contribution >= 0.6 is 0 Å². The second kappa shape index (κ2) is 11.4. The fourth-order valence-corrected chi connectivity index (χ4v) is 4.73. The van der Waals surface area contributed by atoms with Crippen LogP contribution in [0.5, 0.6) is 0 Å². The number of pyridine rings is 1. The summed E-state index contributed by atoms with van der Waals surface area (Å²) in [4.78, 5) is 18.1. The zero-order valence-corrected chi connectivity index (χ0v) is 22.6. The molecule has 1 aliphatic rings. The summed E-state index contributed by atoms with van der Waals surface area (Å²) in [5.74, 6) is -2.21. The predicted molar refractivity (Wildman–Crippen MR) is 146 cm³/mol. The van der Waals surface area contributed by atoms with Gasteiger partial charge >= 0.3 is 6.18 Å².